The Bertz CT molecular complexity index is 711. The van der Waals surface area contributed by atoms with Crippen molar-refractivity contribution in [3.05, 3.63) is 63.6 Å². The fourth-order valence-electron chi connectivity index (χ4n) is 1.82. The van der Waals surface area contributed by atoms with Gasteiger partial charge in [0.25, 0.3) is 0 Å². The molecule has 2 aromatic carbocycles. The summed E-state index contributed by atoms with van der Waals surface area (Å²) in [5, 5.41) is 0.736. The molecule has 21 heavy (non-hydrogen) atoms. The van der Waals surface area contributed by atoms with E-state index in [1.165, 1.54) is 18.2 Å². The predicted octanol–water partition coefficient (Wildman–Crippen LogP) is 3.39. The third-order valence-corrected chi connectivity index (χ3v) is 4.45. The molecular formula is C14H14Cl2N2O2S. The van der Waals surface area contributed by atoms with Gasteiger partial charge in [-0.15, -0.1) is 0 Å². The number of benzene rings is 2. The van der Waals surface area contributed by atoms with Gasteiger partial charge in [-0.25, -0.2) is 8.42 Å². The first-order valence-electron chi connectivity index (χ1n) is 6.12. The van der Waals surface area contributed by atoms with Gasteiger partial charge in [-0.2, -0.15) is 0 Å². The Morgan fingerprint density at radius 3 is 2.00 bits per heavy atom. The topological polar surface area (TPSA) is 72.2 Å². The Hall–Kier alpha value is -1.27. The molecule has 3 N–H and O–H groups in total. The number of halogens is 2. The normalized spacial score (nSPS) is 11.4. The summed E-state index contributed by atoms with van der Waals surface area (Å²) in [7, 11) is -3.54. The maximum absolute atomic E-state index is 12.1. The molecule has 0 saturated carbocycles. The van der Waals surface area contributed by atoms with E-state index in [4.69, 9.17) is 28.9 Å². The molecule has 0 heterocycles. The monoisotopic (exact) mass is 344 g/mol. The average Bonchev–Trinajstić information content (AvgIpc) is 2.37. The molecule has 0 fully saturated rings. The van der Waals surface area contributed by atoms with Gasteiger partial charge in [0.05, 0.1) is 11.4 Å². The van der Waals surface area contributed by atoms with Crippen LogP contribution in [0.5, 0.6) is 0 Å². The highest BCUT2D eigenvalue weighted by Crippen LogP contribution is 2.23. The van der Waals surface area contributed by atoms with E-state index in [0.717, 1.165) is 5.56 Å². The van der Waals surface area contributed by atoms with Crippen LogP contribution in [-0.4, -0.2) is 8.42 Å². The summed E-state index contributed by atoms with van der Waals surface area (Å²) in [4.78, 5) is 0. The Labute approximate surface area is 133 Å². The van der Waals surface area contributed by atoms with Crippen molar-refractivity contribution in [1.82, 2.24) is 0 Å². The highest BCUT2D eigenvalue weighted by molar-refractivity contribution is 7.91. The number of hydrogen-bond acceptors (Lipinski definition) is 3. The van der Waals surface area contributed by atoms with Gasteiger partial charge in [-0.3, -0.25) is 4.72 Å². The van der Waals surface area contributed by atoms with Crippen LogP contribution in [0.3, 0.4) is 0 Å². The van der Waals surface area contributed by atoms with Gasteiger partial charge < -0.3 is 5.73 Å². The summed E-state index contributed by atoms with van der Waals surface area (Å²) < 4.78 is 26.7. The minimum atomic E-state index is -3.54. The van der Waals surface area contributed by atoms with Crippen LogP contribution in [0, 0.1) is 0 Å². The second-order valence-electron chi connectivity index (χ2n) is 4.54. The smallest absolute Gasteiger partial charge is 0.236 e. The molecule has 0 spiro atoms. The van der Waals surface area contributed by atoms with Crippen molar-refractivity contribution < 1.29 is 8.42 Å². The second-order valence-corrected chi connectivity index (χ2v) is 7.14. The SMILES string of the molecule is NCc1ccc(CS(=O)(=O)Nc2cc(Cl)cc(Cl)c2)cc1. The lowest BCUT2D eigenvalue weighted by Gasteiger charge is -2.09. The third kappa shape index (κ3) is 4.89. The van der Waals surface area contributed by atoms with Crippen molar-refractivity contribution in [2.24, 2.45) is 5.73 Å². The molecule has 0 radical (unpaired) electrons. The van der Waals surface area contributed by atoms with Crippen molar-refractivity contribution in [2.45, 2.75) is 12.3 Å². The number of nitrogens with one attached hydrogen (secondary N) is 1. The summed E-state index contributed by atoms with van der Waals surface area (Å²) in [6.45, 7) is 0.423. The van der Waals surface area contributed by atoms with Crippen LogP contribution >= 0.6 is 23.2 Å². The molecule has 112 valence electrons. The van der Waals surface area contributed by atoms with E-state index in [1.54, 1.807) is 24.3 Å². The first-order chi connectivity index (χ1) is 9.88. The van der Waals surface area contributed by atoms with Crippen molar-refractivity contribution in [2.75, 3.05) is 4.72 Å². The van der Waals surface area contributed by atoms with Gasteiger partial charge >= 0.3 is 0 Å². The Morgan fingerprint density at radius 1 is 0.952 bits per heavy atom. The summed E-state index contributed by atoms with van der Waals surface area (Å²) in [5.74, 6) is -0.137. The minimum absolute atomic E-state index is 0.137. The summed E-state index contributed by atoms with van der Waals surface area (Å²) >= 11 is 11.7. The molecule has 0 aliphatic rings. The quantitative estimate of drug-likeness (QED) is 0.872. The van der Waals surface area contributed by atoms with E-state index in [1.807, 2.05) is 0 Å². The Morgan fingerprint density at radius 2 is 1.48 bits per heavy atom. The number of anilines is 1. The molecular weight excluding hydrogens is 331 g/mol. The second kappa shape index (κ2) is 6.66. The number of sulfonamides is 1. The number of hydrogen-bond donors (Lipinski definition) is 2. The predicted molar refractivity (Wildman–Crippen MR) is 87.0 cm³/mol. The fourth-order valence-corrected chi connectivity index (χ4v) is 3.53. The maximum atomic E-state index is 12.1. The lowest BCUT2D eigenvalue weighted by molar-refractivity contribution is 0.600. The molecule has 7 heteroatoms. The van der Waals surface area contributed by atoms with E-state index in [9.17, 15) is 8.42 Å². The lowest BCUT2D eigenvalue weighted by atomic mass is 10.1. The van der Waals surface area contributed by atoms with Crippen molar-refractivity contribution in [3.63, 3.8) is 0 Å². The fraction of sp³-hybridized carbons (Fsp3) is 0.143. The molecule has 0 saturated heterocycles. The van der Waals surface area contributed by atoms with E-state index >= 15 is 0 Å². The largest absolute Gasteiger partial charge is 0.326 e. The molecule has 0 bridgehead atoms. The molecule has 0 amide bonds. The molecule has 0 aliphatic carbocycles. The zero-order valence-electron chi connectivity index (χ0n) is 11.0. The van der Waals surface area contributed by atoms with Crippen LogP contribution < -0.4 is 10.5 Å². The molecule has 2 aromatic rings. The number of nitrogens with two attached hydrogens (primary N) is 1. The standard InChI is InChI=1S/C14H14Cl2N2O2S/c15-12-5-13(16)7-14(6-12)18-21(19,20)9-11-3-1-10(8-17)2-4-11/h1-7,18H,8-9,17H2. The molecule has 2 rings (SSSR count). The van der Waals surface area contributed by atoms with Gasteiger partial charge in [0, 0.05) is 16.6 Å². The van der Waals surface area contributed by atoms with Crippen molar-refractivity contribution in [3.8, 4) is 0 Å². The summed E-state index contributed by atoms with van der Waals surface area (Å²) in [6, 6.07) is 11.6. The zero-order valence-corrected chi connectivity index (χ0v) is 13.3. The highest BCUT2D eigenvalue weighted by atomic mass is 35.5. The van der Waals surface area contributed by atoms with Crippen LogP contribution in [0.2, 0.25) is 10.0 Å². The highest BCUT2D eigenvalue weighted by Gasteiger charge is 2.12. The van der Waals surface area contributed by atoms with Crippen LogP contribution in [0.4, 0.5) is 5.69 Å². The zero-order chi connectivity index (χ0) is 15.5. The van der Waals surface area contributed by atoms with Crippen LogP contribution in [0.1, 0.15) is 11.1 Å². The van der Waals surface area contributed by atoms with Gasteiger partial charge in [-0.05, 0) is 29.3 Å². The lowest BCUT2D eigenvalue weighted by Crippen LogP contribution is -2.15. The third-order valence-electron chi connectivity index (χ3n) is 2.75. The molecule has 0 aliphatic heterocycles. The molecule has 0 aromatic heterocycles. The van der Waals surface area contributed by atoms with Crippen molar-refractivity contribution in [1.29, 1.82) is 0 Å². The van der Waals surface area contributed by atoms with Crippen LogP contribution in [0.15, 0.2) is 42.5 Å². The summed E-state index contributed by atoms with van der Waals surface area (Å²) in [6.07, 6.45) is 0. The molecule has 0 atom stereocenters. The summed E-state index contributed by atoms with van der Waals surface area (Å²) in [5.41, 5.74) is 7.46. The van der Waals surface area contributed by atoms with Gasteiger partial charge in [0.1, 0.15) is 0 Å². The van der Waals surface area contributed by atoms with Crippen molar-refractivity contribution >= 4 is 38.9 Å². The van der Waals surface area contributed by atoms with Gasteiger partial charge in [0.15, 0.2) is 0 Å². The van der Waals surface area contributed by atoms with Crippen LogP contribution in [0.25, 0.3) is 0 Å². The minimum Gasteiger partial charge on any atom is -0.326 e. The molecule has 0 unspecified atom stereocenters. The van der Waals surface area contributed by atoms with Crippen LogP contribution in [-0.2, 0) is 22.3 Å². The maximum Gasteiger partial charge on any atom is 0.236 e. The molecule has 4 nitrogen and oxygen atoms in total. The van der Waals surface area contributed by atoms with Gasteiger partial charge in [0.2, 0.25) is 10.0 Å². The average molecular weight is 345 g/mol. The van der Waals surface area contributed by atoms with E-state index in [2.05, 4.69) is 4.72 Å². The first-order valence-corrected chi connectivity index (χ1v) is 8.53. The van der Waals surface area contributed by atoms with E-state index in [0.29, 0.717) is 27.8 Å². The Kier molecular flexibility index (Phi) is 5.11. The van der Waals surface area contributed by atoms with E-state index < -0.39 is 10.0 Å². The van der Waals surface area contributed by atoms with Gasteiger partial charge in [-0.1, -0.05) is 47.5 Å². The van der Waals surface area contributed by atoms with E-state index in [-0.39, 0.29) is 5.75 Å². The number of rotatable bonds is 5. The Balaban J connectivity index is 2.14. The first kappa shape index (κ1) is 16.1.